The summed E-state index contributed by atoms with van der Waals surface area (Å²) < 4.78 is 38.5. The molecule has 1 aliphatic rings. The van der Waals surface area contributed by atoms with Gasteiger partial charge in [0.2, 0.25) is 0 Å². The maximum absolute atomic E-state index is 12.8. The molecule has 0 saturated carbocycles. The van der Waals surface area contributed by atoms with Crippen molar-refractivity contribution in [3.63, 3.8) is 0 Å². The Morgan fingerprint density at radius 2 is 1.56 bits per heavy atom. The van der Waals surface area contributed by atoms with Crippen LogP contribution >= 0.6 is 0 Å². The summed E-state index contributed by atoms with van der Waals surface area (Å²) in [6, 6.07) is 15.4. The Morgan fingerprint density at radius 3 is 2.19 bits per heavy atom. The monoisotopic (exact) mass is 454 g/mol. The minimum atomic E-state index is -3.79. The van der Waals surface area contributed by atoms with Gasteiger partial charge in [-0.15, -0.1) is 10.2 Å². The van der Waals surface area contributed by atoms with E-state index in [0.29, 0.717) is 17.2 Å². The Hall–Kier alpha value is -3.33. The van der Waals surface area contributed by atoms with E-state index < -0.39 is 10.0 Å². The van der Waals surface area contributed by atoms with E-state index in [9.17, 15) is 8.42 Å². The zero-order valence-corrected chi connectivity index (χ0v) is 18.9. The number of aromatic nitrogens is 2. The first-order valence-electron chi connectivity index (χ1n) is 10.4. The quantitative estimate of drug-likeness (QED) is 0.578. The number of anilines is 2. The number of sulfonamides is 1. The largest absolute Gasteiger partial charge is 0.493 e. The number of hydrogen-bond donors (Lipinski definition) is 1. The SMILES string of the molecule is COc1ccc(S(=O)(=O)Nc2ccc(-c3ccc(N4CCCCC4)nn3)cc2)cc1OC. The molecule has 0 bridgehead atoms. The van der Waals surface area contributed by atoms with Gasteiger partial charge in [-0.25, -0.2) is 8.42 Å². The molecule has 2 heterocycles. The minimum Gasteiger partial charge on any atom is -0.493 e. The number of ether oxygens (including phenoxy) is 2. The molecule has 1 N–H and O–H groups in total. The Morgan fingerprint density at radius 1 is 0.844 bits per heavy atom. The van der Waals surface area contributed by atoms with Crippen molar-refractivity contribution >= 4 is 21.5 Å². The summed E-state index contributed by atoms with van der Waals surface area (Å²) in [5.41, 5.74) is 2.04. The number of nitrogens with one attached hydrogen (secondary N) is 1. The van der Waals surface area contributed by atoms with E-state index >= 15 is 0 Å². The van der Waals surface area contributed by atoms with Gasteiger partial charge in [0.25, 0.3) is 10.0 Å². The average Bonchev–Trinajstić information content (AvgIpc) is 2.84. The van der Waals surface area contributed by atoms with Crippen LogP contribution in [0.4, 0.5) is 11.5 Å². The van der Waals surface area contributed by atoms with Crippen molar-refractivity contribution in [3.05, 3.63) is 54.6 Å². The van der Waals surface area contributed by atoms with Crippen molar-refractivity contribution in [3.8, 4) is 22.8 Å². The smallest absolute Gasteiger partial charge is 0.262 e. The lowest BCUT2D eigenvalue weighted by Gasteiger charge is -2.27. The standard InChI is InChI=1S/C23H26N4O4S/c1-30-21-12-10-19(16-22(21)31-2)32(28,29)26-18-8-6-17(7-9-18)20-11-13-23(25-24-20)27-14-4-3-5-15-27/h6-13,16,26H,3-5,14-15H2,1-2H3. The molecule has 168 valence electrons. The van der Waals surface area contributed by atoms with E-state index in [2.05, 4.69) is 19.8 Å². The molecule has 0 unspecified atom stereocenters. The molecule has 1 aliphatic heterocycles. The van der Waals surface area contributed by atoms with Gasteiger partial charge in [0.1, 0.15) is 0 Å². The summed E-state index contributed by atoms with van der Waals surface area (Å²) in [4.78, 5) is 2.34. The topological polar surface area (TPSA) is 93.7 Å². The van der Waals surface area contributed by atoms with Gasteiger partial charge in [-0.3, -0.25) is 4.72 Å². The predicted molar refractivity (Wildman–Crippen MR) is 124 cm³/mol. The van der Waals surface area contributed by atoms with Gasteiger partial charge in [-0.2, -0.15) is 0 Å². The van der Waals surface area contributed by atoms with Crippen molar-refractivity contribution in [2.24, 2.45) is 0 Å². The second-order valence-electron chi connectivity index (χ2n) is 7.52. The second kappa shape index (κ2) is 9.44. The summed E-state index contributed by atoms with van der Waals surface area (Å²) in [6.45, 7) is 2.03. The summed E-state index contributed by atoms with van der Waals surface area (Å²) in [6.07, 6.45) is 3.64. The third kappa shape index (κ3) is 4.77. The molecule has 9 heteroatoms. The Balaban J connectivity index is 1.47. The zero-order chi connectivity index (χ0) is 22.6. The number of benzene rings is 2. The lowest BCUT2D eigenvalue weighted by molar-refractivity contribution is 0.354. The van der Waals surface area contributed by atoms with Crippen LogP contribution in [0, 0.1) is 0 Å². The molecule has 0 radical (unpaired) electrons. The zero-order valence-electron chi connectivity index (χ0n) is 18.1. The fourth-order valence-corrected chi connectivity index (χ4v) is 4.75. The molecule has 3 aromatic rings. The molecule has 32 heavy (non-hydrogen) atoms. The Bertz CT molecular complexity index is 1160. The Kier molecular flexibility index (Phi) is 6.45. The number of rotatable bonds is 7. The van der Waals surface area contributed by atoms with Crippen LogP contribution in [-0.2, 0) is 10.0 Å². The summed E-state index contributed by atoms with van der Waals surface area (Å²) in [5.74, 6) is 1.70. The number of methoxy groups -OCH3 is 2. The first kappa shape index (κ1) is 21.9. The molecule has 0 spiro atoms. The van der Waals surface area contributed by atoms with Crippen LogP contribution < -0.4 is 19.1 Å². The van der Waals surface area contributed by atoms with Gasteiger partial charge < -0.3 is 14.4 Å². The van der Waals surface area contributed by atoms with Gasteiger partial charge in [0, 0.05) is 30.4 Å². The molecule has 0 atom stereocenters. The second-order valence-corrected chi connectivity index (χ2v) is 9.21. The van der Waals surface area contributed by atoms with Crippen LogP contribution in [-0.4, -0.2) is 45.9 Å². The van der Waals surface area contributed by atoms with Crippen LogP contribution in [0.1, 0.15) is 19.3 Å². The summed E-state index contributed by atoms with van der Waals surface area (Å²) in [7, 11) is -0.827. The first-order chi connectivity index (χ1) is 15.5. The van der Waals surface area contributed by atoms with Gasteiger partial charge >= 0.3 is 0 Å². The van der Waals surface area contributed by atoms with E-state index in [1.165, 1.54) is 45.6 Å². The molecule has 8 nitrogen and oxygen atoms in total. The molecule has 0 aliphatic carbocycles. The number of nitrogens with zero attached hydrogens (tertiary/aromatic N) is 3. The molecule has 1 saturated heterocycles. The molecule has 1 aromatic heterocycles. The molecule has 2 aromatic carbocycles. The molecule has 4 rings (SSSR count). The lowest BCUT2D eigenvalue weighted by Crippen LogP contribution is -2.30. The fraction of sp³-hybridized carbons (Fsp3) is 0.304. The maximum atomic E-state index is 12.8. The highest BCUT2D eigenvalue weighted by Crippen LogP contribution is 2.30. The van der Waals surface area contributed by atoms with Crippen LogP contribution in [0.2, 0.25) is 0 Å². The molecular formula is C23H26N4O4S. The molecular weight excluding hydrogens is 428 g/mol. The average molecular weight is 455 g/mol. The highest BCUT2D eigenvalue weighted by atomic mass is 32.2. The third-order valence-corrected chi connectivity index (χ3v) is 6.81. The van der Waals surface area contributed by atoms with E-state index in [0.717, 1.165) is 30.2 Å². The summed E-state index contributed by atoms with van der Waals surface area (Å²) in [5, 5.41) is 8.73. The number of piperidine rings is 1. The fourth-order valence-electron chi connectivity index (χ4n) is 3.68. The van der Waals surface area contributed by atoms with E-state index in [-0.39, 0.29) is 4.90 Å². The molecule has 0 amide bonds. The minimum absolute atomic E-state index is 0.0818. The maximum Gasteiger partial charge on any atom is 0.262 e. The Labute approximate surface area is 188 Å². The van der Waals surface area contributed by atoms with Crippen LogP contribution in [0.15, 0.2) is 59.5 Å². The lowest BCUT2D eigenvalue weighted by atomic mass is 10.1. The van der Waals surface area contributed by atoms with Gasteiger partial charge in [0.15, 0.2) is 17.3 Å². The highest BCUT2D eigenvalue weighted by molar-refractivity contribution is 7.92. The van der Waals surface area contributed by atoms with Crippen molar-refractivity contribution < 1.29 is 17.9 Å². The van der Waals surface area contributed by atoms with E-state index in [1.807, 2.05) is 24.3 Å². The van der Waals surface area contributed by atoms with E-state index in [1.54, 1.807) is 18.2 Å². The number of hydrogen-bond acceptors (Lipinski definition) is 7. The van der Waals surface area contributed by atoms with Crippen LogP contribution in [0.25, 0.3) is 11.3 Å². The third-order valence-electron chi connectivity index (χ3n) is 5.43. The van der Waals surface area contributed by atoms with Gasteiger partial charge in [-0.1, -0.05) is 12.1 Å². The van der Waals surface area contributed by atoms with Crippen molar-refractivity contribution in [2.75, 3.05) is 36.9 Å². The van der Waals surface area contributed by atoms with Crippen molar-refractivity contribution in [1.29, 1.82) is 0 Å². The van der Waals surface area contributed by atoms with Crippen LogP contribution in [0.5, 0.6) is 11.5 Å². The predicted octanol–water partition coefficient (Wildman–Crippen LogP) is 3.95. The highest BCUT2D eigenvalue weighted by Gasteiger charge is 2.18. The van der Waals surface area contributed by atoms with E-state index in [4.69, 9.17) is 9.47 Å². The van der Waals surface area contributed by atoms with Gasteiger partial charge in [0.05, 0.1) is 24.8 Å². The first-order valence-corrected chi connectivity index (χ1v) is 11.9. The van der Waals surface area contributed by atoms with Crippen molar-refractivity contribution in [1.82, 2.24) is 10.2 Å². The van der Waals surface area contributed by atoms with Gasteiger partial charge in [-0.05, 0) is 55.7 Å². The normalized spacial score (nSPS) is 14.1. The molecule has 1 fully saturated rings. The van der Waals surface area contributed by atoms with Crippen LogP contribution in [0.3, 0.4) is 0 Å². The van der Waals surface area contributed by atoms with Crippen molar-refractivity contribution in [2.45, 2.75) is 24.2 Å². The summed E-state index contributed by atoms with van der Waals surface area (Å²) >= 11 is 0.